The second-order valence-corrected chi connectivity index (χ2v) is 7.90. The number of pyridine rings is 1. The van der Waals surface area contributed by atoms with Crippen LogP contribution in [0.5, 0.6) is 0 Å². The molecule has 3 aromatic rings. The van der Waals surface area contributed by atoms with Crippen molar-refractivity contribution in [1.29, 1.82) is 0 Å². The molecular formula is C21H16ClF3N2OS. The van der Waals surface area contributed by atoms with Crippen LogP contribution in [0.4, 0.5) is 19.0 Å². The molecule has 0 spiro atoms. The summed E-state index contributed by atoms with van der Waals surface area (Å²) in [6, 6.07) is 15.2. The van der Waals surface area contributed by atoms with E-state index in [1.165, 1.54) is 4.90 Å². The number of halogens is 4. The van der Waals surface area contributed by atoms with Crippen molar-refractivity contribution in [2.45, 2.75) is 11.1 Å². The Hall–Kier alpha value is -2.51. The number of thioether (sulfide) groups is 1. The highest BCUT2D eigenvalue weighted by Gasteiger charge is 2.32. The van der Waals surface area contributed by atoms with Crippen molar-refractivity contribution in [3.63, 3.8) is 0 Å². The molecule has 0 atom stereocenters. The van der Waals surface area contributed by atoms with E-state index in [2.05, 4.69) is 4.98 Å². The molecule has 0 bridgehead atoms. The van der Waals surface area contributed by atoms with Gasteiger partial charge in [-0.1, -0.05) is 29.8 Å². The summed E-state index contributed by atoms with van der Waals surface area (Å²) >= 11 is 6.87. The number of carbonyl (C=O) groups is 1. The van der Waals surface area contributed by atoms with E-state index in [9.17, 15) is 18.0 Å². The Morgan fingerprint density at radius 2 is 1.72 bits per heavy atom. The summed E-state index contributed by atoms with van der Waals surface area (Å²) in [4.78, 5) is 19.1. The molecule has 2 aromatic carbocycles. The lowest BCUT2D eigenvalue weighted by molar-refractivity contribution is -0.137. The quantitative estimate of drug-likeness (QED) is 0.442. The molecule has 0 unspecified atom stereocenters. The Balaban J connectivity index is 1.95. The first kappa shape index (κ1) is 21.2. The number of aromatic nitrogens is 1. The molecule has 0 amide bonds. The highest BCUT2D eigenvalue weighted by Crippen LogP contribution is 2.34. The van der Waals surface area contributed by atoms with Gasteiger partial charge >= 0.3 is 6.18 Å². The lowest BCUT2D eigenvalue weighted by Gasteiger charge is -2.16. The van der Waals surface area contributed by atoms with Crippen LogP contribution in [0.25, 0.3) is 11.3 Å². The Morgan fingerprint density at radius 3 is 2.34 bits per heavy atom. The minimum atomic E-state index is -4.50. The fourth-order valence-electron chi connectivity index (χ4n) is 2.53. The van der Waals surface area contributed by atoms with Gasteiger partial charge in [0.15, 0.2) is 0 Å². The van der Waals surface area contributed by atoms with Gasteiger partial charge in [-0.15, -0.1) is 0 Å². The highest BCUT2D eigenvalue weighted by molar-refractivity contribution is 8.14. The van der Waals surface area contributed by atoms with Crippen LogP contribution in [0.15, 0.2) is 65.6 Å². The monoisotopic (exact) mass is 436 g/mol. The van der Waals surface area contributed by atoms with Gasteiger partial charge in [0.05, 0.1) is 11.3 Å². The van der Waals surface area contributed by atoms with Crippen LogP contribution in [-0.4, -0.2) is 24.2 Å². The summed E-state index contributed by atoms with van der Waals surface area (Å²) < 4.78 is 39.9. The molecular weight excluding hydrogens is 421 g/mol. The summed E-state index contributed by atoms with van der Waals surface area (Å²) in [5.41, 5.74) is 0.156. The van der Waals surface area contributed by atoms with Crippen molar-refractivity contribution in [1.82, 2.24) is 4.98 Å². The molecule has 3 rings (SSSR count). The Morgan fingerprint density at radius 1 is 1.03 bits per heavy atom. The van der Waals surface area contributed by atoms with Crippen LogP contribution in [0.3, 0.4) is 0 Å². The number of alkyl halides is 3. The number of rotatable bonds is 4. The summed E-state index contributed by atoms with van der Waals surface area (Å²) in [6.07, 6.45) is -4.50. The van der Waals surface area contributed by atoms with Gasteiger partial charge in [-0.3, -0.25) is 4.79 Å². The van der Waals surface area contributed by atoms with Crippen LogP contribution >= 0.6 is 23.4 Å². The van der Waals surface area contributed by atoms with Crippen LogP contribution in [-0.2, 0) is 6.18 Å². The zero-order valence-corrected chi connectivity index (χ0v) is 17.1. The van der Waals surface area contributed by atoms with Crippen molar-refractivity contribution in [3.8, 4) is 11.3 Å². The van der Waals surface area contributed by atoms with Gasteiger partial charge in [-0.05, 0) is 54.2 Å². The summed E-state index contributed by atoms with van der Waals surface area (Å²) in [7, 11) is 3.24. The SMILES string of the molecule is CN(C)c1cc(C(F)(F)F)cc(-c2cccc(C(=O)Sc3ccc(Cl)cc3)c2)n1. The molecule has 0 fully saturated rings. The van der Waals surface area contributed by atoms with Crippen LogP contribution < -0.4 is 4.90 Å². The summed E-state index contributed by atoms with van der Waals surface area (Å²) in [5, 5.41) is 0.338. The molecule has 150 valence electrons. The molecule has 0 radical (unpaired) electrons. The van der Waals surface area contributed by atoms with Crippen molar-refractivity contribution in [2.24, 2.45) is 0 Å². The average Bonchev–Trinajstić information content (AvgIpc) is 2.68. The Bertz CT molecular complexity index is 1040. The minimum Gasteiger partial charge on any atom is -0.363 e. The first-order valence-corrected chi connectivity index (χ1v) is 9.68. The second kappa shape index (κ2) is 8.47. The third-order valence-corrected chi connectivity index (χ3v) is 5.20. The molecule has 8 heteroatoms. The molecule has 3 nitrogen and oxygen atoms in total. The van der Waals surface area contributed by atoms with Crippen LogP contribution in [0.2, 0.25) is 5.02 Å². The van der Waals surface area contributed by atoms with E-state index in [1.54, 1.807) is 62.6 Å². The molecule has 0 aliphatic carbocycles. The second-order valence-electron chi connectivity index (χ2n) is 6.42. The van der Waals surface area contributed by atoms with Gasteiger partial charge in [0.2, 0.25) is 5.12 Å². The fourth-order valence-corrected chi connectivity index (χ4v) is 3.39. The first-order chi connectivity index (χ1) is 13.6. The molecule has 29 heavy (non-hydrogen) atoms. The summed E-state index contributed by atoms with van der Waals surface area (Å²) in [6.45, 7) is 0. The largest absolute Gasteiger partial charge is 0.416 e. The van der Waals surface area contributed by atoms with E-state index < -0.39 is 11.7 Å². The van der Waals surface area contributed by atoms with Crippen molar-refractivity contribution in [2.75, 3.05) is 19.0 Å². The molecule has 0 saturated carbocycles. The maximum Gasteiger partial charge on any atom is 0.416 e. The highest BCUT2D eigenvalue weighted by atomic mass is 35.5. The van der Waals surface area contributed by atoms with Crippen molar-refractivity contribution in [3.05, 3.63) is 76.8 Å². The Kier molecular flexibility index (Phi) is 6.19. The van der Waals surface area contributed by atoms with Crippen molar-refractivity contribution >= 4 is 34.3 Å². The van der Waals surface area contributed by atoms with Gasteiger partial charge in [-0.25, -0.2) is 4.98 Å². The van der Waals surface area contributed by atoms with E-state index in [4.69, 9.17) is 11.6 Å². The van der Waals surface area contributed by atoms with Crippen LogP contribution in [0.1, 0.15) is 15.9 Å². The minimum absolute atomic E-state index is 0.148. The van der Waals surface area contributed by atoms with Gasteiger partial charge in [0, 0.05) is 35.1 Å². The standard InChI is InChI=1S/C21H16ClF3N2OS/c1-27(2)19-12-15(21(23,24)25)11-18(26-19)13-4-3-5-14(10-13)20(28)29-17-8-6-16(22)7-9-17/h3-12H,1-2H3. The number of carbonyl (C=O) groups excluding carboxylic acids is 1. The van der Waals surface area contributed by atoms with Crippen LogP contribution in [0, 0.1) is 0 Å². The third kappa shape index (κ3) is 5.31. The molecule has 0 N–H and O–H groups in total. The normalized spacial score (nSPS) is 11.4. The maximum atomic E-state index is 13.3. The molecule has 1 heterocycles. The molecule has 0 aliphatic heterocycles. The fraction of sp³-hybridized carbons (Fsp3) is 0.143. The zero-order valence-electron chi connectivity index (χ0n) is 15.5. The number of nitrogens with zero attached hydrogens (tertiary/aromatic N) is 2. The van der Waals surface area contributed by atoms with E-state index in [-0.39, 0.29) is 16.6 Å². The molecule has 0 aliphatic rings. The number of benzene rings is 2. The lowest BCUT2D eigenvalue weighted by Crippen LogP contribution is -2.14. The predicted octanol–water partition coefficient (Wildman–Crippen LogP) is 6.42. The number of anilines is 1. The van der Waals surface area contributed by atoms with Gasteiger partial charge < -0.3 is 4.90 Å². The zero-order chi connectivity index (χ0) is 21.2. The smallest absolute Gasteiger partial charge is 0.363 e. The third-order valence-electron chi connectivity index (χ3n) is 4.02. The Labute approximate surface area is 175 Å². The van der Waals surface area contributed by atoms with E-state index in [1.807, 2.05) is 0 Å². The molecule has 0 saturated heterocycles. The van der Waals surface area contributed by atoms with E-state index in [0.717, 1.165) is 28.8 Å². The average molecular weight is 437 g/mol. The van der Waals surface area contributed by atoms with E-state index in [0.29, 0.717) is 16.1 Å². The maximum absolute atomic E-state index is 13.3. The van der Waals surface area contributed by atoms with Gasteiger partial charge in [0.1, 0.15) is 5.82 Å². The van der Waals surface area contributed by atoms with E-state index >= 15 is 0 Å². The van der Waals surface area contributed by atoms with Crippen molar-refractivity contribution < 1.29 is 18.0 Å². The number of hydrogen-bond acceptors (Lipinski definition) is 4. The van der Waals surface area contributed by atoms with Gasteiger partial charge in [0.25, 0.3) is 0 Å². The topological polar surface area (TPSA) is 33.2 Å². The summed E-state index contributed by atoms with van der Waals surface area (Å²) in [5.74, 6) is 0.182. The lowest BCUT2D eigenvalue weighted by atomic mass is 10.1. The first-order valence-electron chi connectivity index (χ1n) is 8.48. The number of hydrogen-bond donors (Lipinski definition) is 0. The predicted molar refractivity (Wildman–Crippen MR) is 111 cm³/mol. The molecule has 1 aromatic heterocycles. The van der Waals surface area contributed by atoms with Gasteiger partial charge in [-0.2, -0.15) is 13.2 Å².